The van der Waals surface area contributed by atoms with E-state index in [2.05, 4.69) is 0 Å². The maximum Gasteiger partial charge on any atom is 0.333 e. The van der Waals surface area contributed by atoms with Crippen molar-refractivity contribution in [2.24, 2.45) is 0 Å². The SMILES string of the molecule is [2H]C([2H])(C(=O)O)[C@]([2H])(O)C(=O)O. The Balaban J connectivity index is 5.01. The van der Waals surface area contributed by atoms with Crippen LogP contribution in [0.4, 0.5) is 0 Å². The van der Waals surface area contributed by atoms with E-state index >= 15 is 0 Å². The summed E-state index contributed by atoms with van der Waals surface area (Å²) in [7, 11) is 0. The van der Waals surface area contributed by atoms with Gasteiger partial charge in [0.05, 0.1) is 7.74 Å². The molecule has 9 heavy (non-hydrogen) atoms. The van der Waals surface area contributed by atoms with E-state index in [0.29, 0.717) is 0 Å². The Labute approximate surface area is 54.8 Å². The van der Waals surface area contributed by atoms with Crippen LogP contribution in [0.2, 0.25) is 0 Å². The highest BCUT2D eigenvalue weighted by atomic mass is 16.4. The predicted molar refractivity (Wildman–Crippen MR) is 25.9 cm³/mol. The van der Waals surface area contributed by atoms with Gasteiger partial charge in [0.2, 0.25) is 0 Å². The zero-order chi connectivity index (χ0) is 10.2. The third-order valence-corrected chi connectivity index (χ3v) is 0.428. The topological polar surface area (TPSA) is 94.8 Å². The number of aliphatic carboxylic acids is 2. The molecule has 0 aliphatic heterocycles. The molecule has 0 saturated carbocycles. The molecule has 0 heterocycles. The number of rotatable bonds is 3. The minimum atomic E-state index is -3.68. The van der Waals surface area contributed by atoms with E-state index in [1.165, 1.54) is 0 Å². The molecular weight excluding hydrogens is 128 g/mol. The molecule has 0 aromatic heterocycles. The number of hydrogen-bond acceptors (Lipinski definition) is 3. The van der Waals surface area contributed by atoms with Gasteiger partial charge in [0, 0.05) is 2.74 Å². The first kappa shape index (κ1) is 3.84. The maximum atomic E-state index is 10.1. The fourth-order valence-corrected chi connectivity index (χ4v) is 0.155. The maximum absolute atomic E-state index is 10.1. The Morgan fingerprint density at radius 2 is 2.11 bits per heavy atom. The molecule has 1 atom stereocenters. The second-order valence-electron chi connectivity index (χ2n) is 1.08. The Morgan fingerprint density at radius 3 is 2.22 bits per heavy atom. The molecule has 0 saturated heterocycles. The van der Waals surface area contributed by atoms with Crippen LogP contribution in [0, 0.1) is 0 Å². The molecule has 5 heteroatoms. The molecule has 0 fully saturated rings. The van der Waals surface area contributed by atoms with Gasteiger partial charge in [-0.3, -0.25) is 4.79 Å². The Morgan fingerprint density at radius 1 is 1.67 bits per heavy atom. The molecule has 0 bridgehead atoms. The largest absolute Gasteiger partial charge is 0.481 e. The summed E-state index contributed by atoms with van der Waals surface area (Å²) in [5, 5.41) is 24.8. The van der Waals surface area contributed by atoms with Gasteiger partial charge in [-0.05, 0) is 0 Å². The van der Waals surface area contributed by atoms with Gasteiger partial charge in [-0.1, -0.05) is 0 Å². The fraction of sp³-hybridized carbons (Fsp3) is 0.500. The van der Waals surface area contributed by atoms with Crippen molar-refractivity contribution in [1.29, 1.82) is 0 Å². The molecule has 3 N–H and O–H groups in total. The average molecular weight is 137 g/mol. The van der Waals surface area contributed by atoms with Gasteiger partial charge in [-0.15, -0.1) is 0 Å². The molecule has 52 valence electrons. The number of carbonyl (C=O) groups is 2. The highest BCUT2D eigenvalue weighted by molar-refractivity contribution is 5.79. The first-order valence-corrected chi connectivity index (χ1v) is 1.83. The number of carboxylic acid groups (broad SMARTS) is 2. The highest BCUT2D eigenvalue weighted by Crippen LogP contribution is 1.89. The molecule has 0 aromatic carbocycles. The molecule has 0 rings (SSSR count). The van der Waals surface area contributed by atoms with E-state index in [1.54, 1.807) is 0 Å². The highest BCUT2D eigenvalue weighted by Gasteiger charge is 2.16. The monoisotopic (exact) mass is 137 g/mol. The molecular formula is C4H6O5. The quantitative estimate of drug-likeness (QED) is 0.459. The second-order valence-corrected chi connectivity index (χ2v) is 1.08. The Hall–Kier alpha value is -1.10. The van der Waals surface area contributed by atoms with E-state index in [9.17, 15) is 9.59 Å². The molecule has 0 radical (unpaired) electrons. The van der Waals surface area contributed by atoms with Gasteiger partial charge >= 0.3 is 11.9 Å². The standard InChI is InChI=1S/C4H6O5/c5-2(4(8)9)1-3(6)7/h2,5H,1H2,(H,6,7)(H,8,9)/t2-/m0/s1/i1D2,2D. The summed E-state index contributed by atoms with van der Waals surface area (Å²) >= 11 is 0. The van der Waals surface area contributed by atoms with Gasteiger partial charge in [0.1, 0.15) is 0 Å². The minimum absolute atomic E-state index is 2.21. The van der Waals surface area contributed by atoms with Gasteiger partial charge in [0.25, 0.3) is 0 Å². The van der Waals surface area contributed by atoms with Crippen LogP contribution in [0.5, 0.6) is 0 Å². The van der Waals surface area contributed by atoms with E-state index in [1.807, 2.05) is 0 Å². The zero-order valence-corrected chi connectivity index (χ0v) is 4.16. The van der Waals surface area contributed by atoms with Crippen molar-refractivity contribution >= 4 is 11.9 Å². The Bertz CT molecular complexity index is 199. The third-order valence-electron chi connectivity index (χ3n) is 0.428. The van der Waals surface area contributed by atoms with Crippen LogP contribution in [-0.4, -0.2) is 33.3 Å². The third kappa shape index (κ3) is 3.48. The van der Waals surface area contributed by atoms with Gasteiger partial charge in [-0.25, -0.2) is 4.79 Å². The molecule has 0 aromatic rings. The van der Waals surface area contributed by atoms with Crippen molar-refractivity contribution in [3.8, 4) is 0 Å². The van der Waals surface area contributed by atoms with Crippen molar-refractivity contribution in [1.82, 2.24) is 0 Å². The van der Waals surface area contributed by atoms with Crippen molar-refractivity contribution in [3.05, 3.63) is 0 Å². The van der Waals surface area contributed by atoms with E-state index in [-0.39, 0.29) is 0 Å². The smallest absolute Gasteiger partial charge is 0.333 e. The lowest BCUT2D eigenvalue weighted by Gasteiger charge is -1.97. The van der Waals surface area contributed by atoms with Crippen molar-refractivity contribution in [2.75, 3.05) is 0 Å². The van der Waals surface area contributed by atoms with Crippen LogP contribution in [0.15, 0.2) is 0 Å². The van der Waals surface area contributed by atoms with E-state index < -0.39 is 24.4 Å². The number of hydrogen-bond donors (Lipinski definition) is 3. The lowest BCUT2D eigenvalue weighted by molar-refractivity contribution is -0.152. The number of aliphatic hydroxyl groups is 1. The van der Waals surface area contributed by atoms with Crippen molar-refractivity contribution in [2.45, 2.75) is 12.5 Å². The van der Waals surface area contributed by atoms with Gasteiger partial charge < -0.3 is 15.3 Å². The van der Waals surface area contributed by atoms with Crippen LogP contribution < -0.4 is 0 Å². The summed E-state index contributed by atoms with van der Waals surface area (Å²) in [6.45, 7) is 0. The second kappa shape index (κ2) is 3.03. The fourth-order valence-electron chi connectivity index (χ4n) is 0.155. The molecule has 0 unspecified atom stereocenters. The normalized spacial score (nSPS) is 22.6. The van der Waals surface area contributed by atoms with E-state index in [4.69, 9.17) is 19.4 Å². The van der Waals surface area contributed by atoms with Crippen LogP contribution in [-0.2, 0) is 9.59 Å². The van der Waals surface area contributed by atoms with Crippen LogP contribution in [0.1, 0.15) is 10.5 Å². The zero-order valence-electron chi connectivity index (χ0n) is 7.16. The molecule has 0 spiro atoms. The lowest BCUT2D eigenvalue weighted by Crippen LogP contribution is -2.22. The van der Waals surface area contributed by atoms with Crippen LogP contribution in [0.3, 0.4) is 0 Å². The lowest BCUT2D eigenvalue weighted by atomic mass is 10.3. The summed E-state index contributed by atoms with van der Waals surface area (Å²) in [5.41, 5.74) is 0. The first-order chi connectivity index (χ1) is 5.14. The molecule has 0 amide bonds. The summed E-state index contributed by atoms with van der Waals surface area (Å²) in [6.07, 6.45) is -7.22. The van der Waals surface area contributed by atoms with Crippen molar-refractivity contribution in [3.63, 3.8) is 0 Å². The predicted octanol–water partition coefficient (Wildman–Crippen LogP) is -1.09. The van der Waals surface area contributed by atoms with Gasteiger partial charge in [0.15, 0.2) is 6.08 Å². The van der Waals surface area contributed by atoms with Crippen LogP contribution in [0.25, 0.3) is 0 Å². The Kier molecular flexibility index (Phi) is 1.29. The minimum Gasteiger partial charge on any atom is -0.481 e. The van der Waals surface area contributed by atoms with E-state index in [0.717, 1.165) is 0 Å². The average Bonchev–Trinajstić information content (AvgIpc) is 1.86. The number of carboxylic acids is 2. The first-order valence-electron chi connectivity index (χ1n) is 3.33. The van der Waals surface area contributed by atoms with Crippen LogP contribution >= 0.6 is 0 Å². The van der Waals surface area contributed by atoms with Gasteiger partial charge in [-0.2, -0.15) is 0 Å². The molecule has 5 nitrogen and oxygen atoms in total. The summed E-state index contributed by atoms with van der Waals surface area (Å²) < 4.78 is 19.6. The summed E-state index contributed by atoms with van der Waals surface area (Å²) in [4.78, 5) is 20.1. The summed E-state index contributed by atoms with van der Waals surface area (Å²) in [5.74, 6) is -4.46. The summed E-state index contributed by atoms with van der Waals surface area (Å²) in [6, 6.07) is 0. The van der Waals surface area contributed by atoms with Crippen molar-refractivity contribution < 1.29 is 29.0 Å². The molecule has 0 aliphatic rings. The molecule has 0 aliphatic carbocycles.